The Morgan fingerprint density at radius 1 is 1.27 bits per heavy atom. The van der Waals surface area contributed by atoms with Crippen molar-refractivity contribution >= 4 is 11.1 Å². The Balaban J connectivity index is 1.50. The van der Waals surface area contributed by atoms with E-state index in [0.717, 1.165) is 62.7 Å². The van der Waals surface area contributed by atoms with Gasteiger partial charge in [0, 0.05) is 32.7 Å². The lowest BCUT2D eigenvalue weighted by atomic mass is 10.2. The maximum Gasteiger partial charge on any atom is 0.212 e. The fraction of sp³-hybridized carbons (Fsp3) is 0.588. The molecule has 0 aliphatic carbocycles. The zero-order chi connectivity index (χ0) is 14.9. The van der Waals surface area contributed by atoms with Gasteiger partial charge in [-0.1, -0.05) is 6.07 Å². The first-order valence-corrected chi connectivity index (χ1v) is 8.31. The zero-order valence-corrected chi connectivity index (χ0v) is 13.2. The highest BCUT2D eigenvalue weighted by molar-refractivity contribution is 5.73. The van der Waals surface area contributed by atoms with Gasteiger partial charge in [-0.3, -0.25) is 4.90 Å². The molecule has 1 aromatic carbocycles. The minimum absolute atomic E-state index is 0.300. The van der Waals surface area contributed by atoms with Gasteiger partial charge in [-0.2, -0.15) is 0 Å². The second kappa shape index (κ2) is 5.99. The first-order chi connectivity index (χ1) is 10.8. The number of hydrogen-bond donors (Lipinski definition) is 1. The van der Waals surface area contributed by atoms with Crippen LogP contribution in [0.2, 0.25) is 0 Å². The highest BCUT2D eigenvalue weighted by Crippen LogP contribution is 2.26. The van der Waals surface area contributed by atoms with E-state index in [1.165, 1.54) is 12.0 Å². The van der Waals surface area contributed by atoms with Crippen molar-refractivity contribution in [2.45, 2.75) is 25.4 Å². The van der Waals surface area contributed by atoms with E-state index in [-0.39, 0.29) is 0 Å². The molecule has 1 unspecified atom stereocenters. The first-order valence-electron chi connectivity index (χ1n) is 8.31. The lowest BCUT2D eigenvalue weighted by Crippen LogP contribution is -2.43. The lowest BCUT2D eigenvalue weighted by Gasteiger charge is -2.32. The largest absolute Gasteiger partial charge is 0.439 e. The van der Waals surface area contributed by atoms with Crippen LogP contribution in [0.15, 0.2) is 22.6 Å². The third-order valence-corrected chi connectivity index (χ3v) is 4.83. The van der Waals surface area contributed by atoms with Crippen LogP contribution < -0.4 is 5.32 Å². The molecule has 5 heteroatoms. The summed E-state index contributed by atoms with van der Waals surface area (Å²) in [6.45, 7) is 6.67. The highest BCUT2D eigenvalue weighted by Gasteiger charge is 2.22. The van der Waals surface area contributed by atoms with Gasteiger partial charge in [0.05, 0.1) is 6.04 Å². The van der Waals surface area contributed by atoms with Crippen molar-refractivity contribution in [3.8, 4) is 0 Å². The number of nitrogens with one attached hydrogen (secondary N) is 1. The molecule has 0 bridgehead atoms. The van der Waals surface area contributed by atoms with Crippen LogP contribution in [0, 0.1) is 0 Å². The van der Waals surface area contributed by atoms with Crippen LogP contribution in [0.4, 0.5) is 0 Å². The smallest absolute Gasteiger partial charge is 0.212 e. The van der Waals surface area contributed by atoms with Gasteiger partial charge in [-0.05, 0) is 44.1 Å². The summed E-state index contributed by atoms with van der Waals surface area (Å²) >= 11 is 0. The molecular weight excluding hydrogens is 276 g/mol. The Hall–Kier alpha value is -1.43. The predicted molar refractivity (Wildman–Crippen MR) is 86.8 cm³/mol. The monoisotopic (exact) mass is 300 g/mol. The van der Waals surface area contributed by atoms with E-state index in [0.29, 0.717) is 6.04 Å². The zero-order valence-electron chi connectivity index (χ0n) is 13.2. The van der Waals surface area contributed by atoms with E-state index < -0.39 is 0 Å². The summed E-state index contributed by atoms with van der Waals surface area (Å²) < 4.78 is 5.92. The van der Waals surface area contributed by atoms with Crippen molar-refractivity contribution in [3.63, 3.8) is 0 Å². The van der Waals surface area contributed by atoms with E-state index in [2.05, 4.69) is 40.4 Å². The van der Waals surface area contributed by atoms with Gasteiger partial charge in [0.1, 0.15) is 5.52 Å². The third-order valence-electron chi connectivity index (χ3n) is 4.83. The number of piperazine rings is 1. The standard InChI is InChI=1S/C17H24N4O/c1-20-7-9-21(10-8-20)12-13-4-5-16-15(11-13)19-17(22-16)14-3-2-6-18-14/h4-5,11,14,18H,2-3,6-10,12H2,1H3. The van der Waals surface area contributed by atoms with Crippen LogP contribution in [0.25, 0.3) is 11.1 Å². The summed E-state index contributed by atoms with van der Waals surface area (Å²) in [5, 5.41) is 3.45. The Morgan fingerprint density at radius 3 is 2.91 bits per heavy atom. The fourth-order valence-corrected chi connectivity index (χ4v) is 3.40. The molecule has 0 spiro atoms. The summed E-state index contributed by atoms with van der Waals surface area (Å²) in [5.74, 6) is 0.851. The molecule has 2 aliphatic rings. The molecule has 5 nitrogen and oxygen atoms in total. The minimum Gasteiger partial charge on any atom is -0.439 e. The molecule has 0 amide bonds. The molecule has 2 saturated heterocycles. The van der Waals surface area contributed by atoms with Crippen LogP contribution in [0.5, 0.6) is 0 Å². The van der Waals surface area contributed by atoms with Crippen LogP contribution in [0.3, 0.4) is 0 Å². The van der Waals surface area contributed by atoms with Crippen molar-refractivity contribution in [1.82, 2.24) is 20.1 Å². The number of aromatic nitrogens is 1. The maximum atomic E-state index is 5.92. The number of hydrogen-bond acceptors (Lipinski definition) is 5. The number of likely N-dealkylation sites (N-methyl/N-ethyl adjacent to an activating group) is 1. The Labute approximate surface area is 131 Å². The van der Waals surface area contributed by atoms with Gasteiger partial charge < -0.3 is 14.6 Å². The SMILES string of the molecule is CN1CCN(Cc2ccc3oc(C4CCCN4)nc3c2)CC1. The van der Waals surface area contributed by atoms with E-state index in [1.807, 2.05) is 0 Å². The lowest BCUT2D eigenvalue weighted by molar-refractivity contribution is 0.148. The molecule has 118 valence electrons. The Bertz CT molecular complexity index is 639. The maximum absolute atomic E-state index is 5.92. The normalized spacial score (nSPS) is 24.3. The van der Waals surface area contributed by atoms with Crippen LogP contribution >= 0.6 is 0 Å². The average molecular weight is 300 g/mol. The third kappa shape index (κ3) is 2.89. The average Bonchev–Trinajstić information content (AvgIpc) is 3.17. The van der Waals surface area contributed by atoms with Gasteiger partial charge in [0.15, 0.2) is 5.58 Å². The van der Waals surface area contributed by atoms with E-state index in [9.17, 15) is 0 Å². The van der Waals surface area contributed by atoms with Gasteiger partial charge in [0.25, 0.3) is 0 Å². The van der Waals surface area contributed by atoms with Crippen molar-refractivity contribution < 1.29 is 4.42 Å². The molecule has 3 heterocycles. The van der Waals surface area contributed by atoms with Crippen molar-refractivity contribution in [2.75, 3.05) is 39.8 Å². The molecule has 0 radical (unpaired) electrons. The quantitative estimate of drug-likeness (QED) is 0.939. The summed E-state index contributed by atoms with van der Waals surface area (Å²) in [6, 6.07) is 6.74. The number of oxazole rings is 1. The number of nitrogens with zero attached hydrogens (tertiary/aromatic N) is 3. The van der Waals surface area contributed by atoms with Crippen molar-refractivity contribution in [1.29, 1.82) is 0 Å². The van der Waals surface area contributed by atoms with Gasteiger partial charge in [-0.25, -0.2) is 4.98 Å². The molecule has 1 aromatic heterocycles. The summed E-state index contributed by atoms with van der Waals surface area (Å²) in [4.78, 5) is 9.61. The molecule has 2 aromatic rings. The van der Waals surface area contributed by atoms with E-state index in [1.54, 1.807) is 0 Å². The van der Waals surface area contributed by atoms with Crippen molar-refractivity contribution in [3.05, 3.63) is 29.7 Å². The van der Waals surface area contributed by atoms with Crippen LogP contribution in [-0.2, 0) is 6.54 Å². The molecule has 2 aliphatic heterocycles. The summed E-state index contributed by atoms with van der Waals surface area (Å²) in [6.07, 6.45) is 2.33. The molecular formula is C17H24N4O. The van der Waals surface area contributed by atoms with Gasteiger partial charge in [0.2, 0.25) is 5.89 Å². The predicted octanol–water partition coefficient (Wildman–Crippen LogP) is 2.00. The van der Waals surface area contributed by atoms with Gasteiger partial charge >= 0.3 is 0 Å². The number of rotatable bonds is 3. The molecule has 2 fully saturated rings. The van der Waals surface area contributed by atoms with Crippen LogP contribution in [0.1, 0.15) is 30.3 Å². The highest BCUT2D eigenvalue weighted by atomic mass is 16.3. The second-order valence-corrected chi connectivity index (χ2v) is 6.58. The van der Waals surface area contributed by atoms with E-state index in [4.69, 9.17) is 9.40 Å². The Morgan fingerprint density at radius 2 is 2.14 bits per heavy atom. The summed E-state index contributed by atoms with van der Waals surface area (Å²) in [7, 11) is 2.19. The van der Waals surface area contributed by atoms with Gasteiger partial charge in [-0.15, -0.1) is 0 Å². The van der Waals surface area contributed by atoms with Crippen LogP contribution in [-0.4, -0.2) is 54.6 Å². The molecule has 1 atom stereocenters. The molecule has 1 N–H and O–H groups in total. The molecule has 0 saturated carbocycles. The van der Waals surface area contributed by atoms with E-state index >= 15 is 0 Å². The Kier molecular flexibility index (Phi) is 3.86. The summed E-state index contributed by atoms with van der Waals surface area (Å²) in [5.41, 5.74) is 3.23. The minimum atomic E-state index is 0.300. The second-order valence-electron chi connectivity index (χ2n) is 6.58. The molecule has 22 heavy (non-hydrogen) atoms. The van der Waals surface area contributed by atoms with Crippen molar-refractivity contribution in [2.24, 2.45) is 0 Å². The first kappa shape index (κ1) is 14.2. The topological polar surface area (TPSA) is 44.5 Å². The molecule has 4 rings (SSSR count). The number of benzene rings is 1. The fourth-order valence-electron chi connectivity index (χ4n) is 3.40. The number of fused-ring (bicyclic) bond motifs is 1.